The van der Waals surface area contributed by atoms with E-state index in [1.165, 1.54) is 4.90 Å². The van der Waals surface area contributed by atoms with Crippen molar-refractivity contribution in [2.24, 2.45) is 11.1 Å². The number of rotatable bonds is 4. The van der Waals surface area contributed by atoms with Crippen molar-refractivity contribution in [2.45, 2.75) is 52.0 Å². The topological polar surface area (TPSA) is 87.2 Å². The first-order valence-electron chi connectivity index (χ1n) is 6.54. The molecule has 0 bridgehead atoms. The van der Waals surface area contributed by atoms with Crippen molar-refractivity contribution in [3.8, 4) is 6.07 Å². The molecule has 1 heterocycles. The van der Waals surface area contributed by atoms with Crippen LogP contribution in [0.4, 0.5) is 0 Å². The average molecular weight is 251 g/mol. The molecule has 1 unspecified atom stereocenters. The average Bonchev–Trinajstić information content (AvgIpc) is 2.41. The molecule has 100 valence electrons. The second-order valence-electron chi connectivity index (χ2n) is 4.81. The Hall–Kier alpha value is -1.57. The summed E-state index contributed by atoms with van der Waals surface area (Å²) < 4.78 is 0. The number of amides is 2. The maximum Gasteiger partial charge on any atom is 0.243 e. The molecule has 0 aromatic rings. The van der Waals surface area contributed by atoms with Gasteiger partial charge in [-0.1, -0.05) is 13.8 Å². The van der Waals surface area contributed by atoms with E-state index in [1.807, 2.05) is 13.8 Å². The minimum Gasteiger partial charge on any atom is -0.368 e. The van der Waals surface area contributed by atoms with Crippen molar-refractivity contribution in [3.05, 3.63) is 0 Å². The number of carbonyl (C=O) groups is 2. The van der Waals surface area contributed by atoms with Gasteiger partial charge >= 0.3 is 0 Å². The van der Waals surface area contributed by atoms with Crippen LogP contribution in [0, 0.1) is 16.7 Å². The van der Waals surface area contributed by atoms with E-state index in [0.717, 1.165) is 12.8 Å². The Morgan fingerprint density at radius 3 is 2.44 bits per heavy atom. The molecule has 1 rings (SSSR count). The zero-order valence-electron chi connectivity index (χ0n) is 11.1. The van der Waals surface area contributed by atoms with Crippen LogP contribution in [0.15, 0.2) is 0 Å². The van der Waals surface area contributed by atoms with Gasteiger partial charge in [0.2, 0.25) is 11.8 Å². The van der Waals surface area contributed by atoms with Crippen LogP contribution in [0.25, 0.3) is 0 Å². The maximum absolute atomic E-state index is 12.5. The number of nitriles is 1. The lowest BCUT2D eigenvalue weighted by Crippen LogP contribution is -2.54. The third-order valence-corrected chi connectivity index (χ3v) is 3.92. The Labute approximate surface area is 108 Å². The number of hydrogen-bond acceptors (Lipinski definition) is 3. The highest BCUT2D eigenvalue weighted by Gasteiger charge is 2.42. The molecule has 2 N–H and O–H groups in total. The molecule has 2 amide bonds. The summed E-state index contributed by atoms with van der Waals surface area (Å²) in [5.74, 6) is -0.708. The highest BCUT2D eigenvalue weighted by Crippen LogP contribution is 2.31. The van der Waals surface area contributed by atoms with E-state index < -0.39 is 17.4 Å². The molecule has 5 heteroatoms. The van der Waals surface area contributed by atoms with Crippen LogP contribution in [0.5, 0.6) is 0 Å². The van der Waals surface area contributed by atoms with Gasteiger partial charge in [0.1, 0.15) is 11.5 Å². The van der Waals surface area contributed by atoms with Crippen molar-refractivity contribution in [3.63, 3.8) is 0 Å². The second kappa shape index (κ2) is 5.85. The van der Waals surface area contributed by atoms with Gasteiger partial charge in [0.05, 0.1) is 6.07 Å². The zero-order valence-corrected chi connectivity index (χ0v) is 11.1. The second-order valence-corrected chi connectivity index (χ2v) is 4.81. The Balaban J connectivity index is 2.99. The monoisotopic (exact) mass is 251 g/mol. The molecule has 0 aromatic carbocycles. The Morgan fingerprint density at radius 1 is 1.39 bits per heavy atom. The van der Waals surface area contributed by atoms with Crippen molar-refractivity contribution in [2.75, 3.05) is 6.54 Å². The minimum atomic E-state index is -1.01. The van der Waals surface area contributed by atoms with Crippen LogP contribution >= 0.6 is 0 Å². The molecule has 5 nitrogen and oxygen atoms in total. The van der Waals surface area contributed by atoms with Crippen molar-refractivity contribution < 1.29 is 9.59 Å². The predicted octanol–water partition coefficient (Wildman–Crippen LogP) is 1.18. The molecular formula is C13H21N3O2. The Kier molecular flexibility index (Phi) is 4.71. The Morgan fingerprint density at radius 2 is 2.00 bits per heavy atom. The molecule has 0 aliphatic carbocycles. The van der Waals surface area contributed by atoms with Crippen LogP contribution in [0.2, 0.25) is 0 Å². The van der Waals surface area contributed by atoms with E-state index in [9.17, 15) is 14.9 Å². The number of carbonyl (C=O) groups excluding carboxylic acids is 2. The quantitative estimate of drug-likeness (QED) is 0.813. The van der Waals surface area contributed by atoms with Crippen molar-refractivity contribution in [1.29, 1.82) is 5.26 Å². The zero-order chi connectivity index (χ0) is 13.8. The fourth-order valence-electron chi connectivity index (χ4n) is 2.50. The highest BCUT2D eigenvalue weighted by molar-refractivity contribution is 5.91. The van der Waals surface area contributed by atoms with E-state index >= 15 is 0 Å². The van der Waals surface area contributed by atoms with Gasteiger partial charge in [-0.05, 0) is 32.1 Å². The number of nitrogens with two attached hydrogens (primary N) is 1. The molecule has 1 aliphatic rings. The molecule has 1 atom stereocenters. The summed E-state index contributed by atoms with van der Waals surface area (Å²) in [5, 5.41) is 9.29. The highest BCUT2D eigenvalue weighted by atomic mass is 16.2. The van der Waals surface area contributed by atoms with Gasteiger partial charge in [-0.15, -0.1) is 0 Å². The van der Waals surface area contributed by atoms with E-state index in [1.54, 1.807) is 0 Å². The molecular weight excluding hydrogens is 230 g/mol. The molecule has 0 saturated carbocycles. The number of hydrogen-bond donors (Lipinski definition) is 1. The number of nitrogens with zero attached hydrogens (tertiary/aromatic N) is 2. The molecule has 1 fully saturated rings. The van der Waals surface area contributed by atoms with Crippen molar-refractivity contribution in [1.82, 2.24) is 4.90 Å². The van der Waals surface area contributed by atoms with Gasteiger partial charge in [-0.2, -0.15) is 5.26 Å². The molecule has 0 radical (unpaired) electrons. The number of piperidine rings is 1. The fraction of sp³-hybridized carbons (Fsp3) is 0.769. The summed E-state index contributed by atoms with van der Waals surface area (Å²) in [5.41, 5.74) is 4.34. The molecule has 1 aliphatic heterocycles. The number of likely N-dealkylation sites (tertiary alicyclic amines) is 1. The Bertz CT molecular complexity index is 369. The summed E-state index contributed by atoms with van der Waals surface area (Å²) in [6.07, 6.45) is 3.29. The summed E-state index contributed by atoms with van der Waals surface area (Å²) >= 11 is 0. The standard InChI is InChI=1S/C13H21N3O2/c1-3-13(4-2,9-14)12(18)16-8-6-5-7-10(16)11(15)17/h10H,3-8H2,1-2H3,(H2,15,17). The van der Waals surface area contributed by atoms with E-state index in [2.05, 4.69) is 6.07 Å². The largest absolute Gasteiger partial charge is 0.368 e. The van der Waals surface area contributed by atoms with Gasteiger partial charge < -0.3 is 10.6 Å². The van der Waals surface area contributed by atoms with Gasteiger partial charge in [-0.25, -0.2) is 0 Å². The first-order chi connectivity index (χ1) is 8.52. The lowest BCUT2D eigenvalue weighted by Gasteiger charge is -2.38. The summed E-state index contributed by atoms with van der Waals surface area (Å²) in [4.78, 5) is 25.4. The van der Waals surface area contributed by atoms with Gasteiger partial charge in [0, 0.05) is 6.54 Å². The predicted molar refractivity (Wildman–Crippen MR) is 67.2 cm³/mol. The normalized spacial score (nSPS) is 20.3. The summed E-state index contributed by atoms with van der Waals surface area (Å²) in [6, 6.07) is 1.58. The van der Waals surface area contributed by atoms with Crippen LogP contribution in [0.1, 0.15) is 46.0 Å². The van der Waals surface area contributed by atoms with Gasteiger partial charge in [0.15, 0.2) is 0 Å². The first-order valence-corrected chi connectivity index (χ1v) is 6.54. The van der Waals surface area contributed by atoms with Crippen LogP contribution in [-0.2, 0) is 9.59 Å². The smallest absolute Gasteiger partial charge is 0.243 e. The minimum absolute atomic E-state index is 0.237. The lowest BCUT2D eigenvalue weighted by atomic mass is 9.81. The third-order valence-electron chi connectivity index (χ3n) is 3.92. The first kappa shape index (κ1) is 14.5. The SMILES string of the molecule is CCC(C#N)(CC)C(=O)N1CCCCC1C(N)=O. The van der Waals surface area contributed by atoms with Gasteiger partial charge in [-0.3, -0.25) is 9.59 Å². The summed E-state index contributed by atoms with van der Waals surface area (Å²) in [7, 11) is 0. The van der Waals surface area contributed by atoms with Crippen LogP contribution in [0.3, 0.4) is 0 Å². The molecule has 1 saturated heterocycles. The maximum atomic E-state index is 12.5. The molecule has 0 aromatic heterocycles. The van der Waals surface area contributed by atoms with E-state index in [0.29, 0.717) is 25.8 Å². The van der Waals surface area contributed by atoms with Gasteiger partial charge in [0.25, 0.3) is 0 Å². The molecule has 0 spiro atoms. The number of primary amides is 1. The summed E-state index contributed by atoms with van der Waals surface area (Å²) in [6.45, 7) is 4.18. The van der Waals surface area contributed by atoms with Crippen molar-refractivity contribution >= 4 is 11.8 Å². The third kappa shape index (κ3) is 2.47. The molecule has 18 heavy (non-hydrogen) atoms. The lowest BCUT2D eigenvalue weighted by molar-refractivity contribution is -0.147. The van der Waals surface area contributed by atoms with E-state index in [4.69, 9.17) is 5.73 Å². The van der Waals surface area contributed by atoms with Crippen LogP contribution < -0.4 is 5.73 Å². The van der Waals surface area contributed by atoms with E-state index in [-0.39, 0.29) is 5.91 Å². The fourth-order valence-corrected chi connectivity index (χ4v) is 2.50. The van der Waals surface area contributed by atoms with Crippen LogP contribution in [-0.4, -0.2) is 29.3 Å².